The zero-order chi connectivity index (χ0) is 26.8. The van der Waals surface area contributed by atoms with Crippen LogP contribution in [0.25, 0.3) is 11.6 Å². The van der Waals surface area contributed by atoms with Gasteiger partial charge in [-0.3, -0.25) is 4.98 Å². The summed E-state index contributed by atoms with van der Waals surface area (Å²) in [7, 11) is 0. The van der Waals surface area contributed by atoms with E-state index < -0.39 is 0 Å². The van der Waals surface area contributed by atoms with Crippen molar-refractivity contribution in [1.29, 1.82) is 0 Å². The average Bonchev–Trinajstić information content (AvgIpc) is 3.31. The number of hydrogen-bond acceptors (Lipinski definition) is 3. The molecule has 3 aromatic rings. The Kier molecular flexibility index (Phi) is 7.73. The molecule has 1 aromatic carbocycles. The van der Waals surface area contributed by atoms with E-state index in [0.29, 0.717) is 12.0 Å². The Morgan fingerprint density at radius 2 is 1.87 bits per heavy atom. The molecular formula is C32H38ClN5O. The number of carbonyl (C=O) groups excluding carboxylic acids is 1. The van der Waals surface area contributed by atoms with Gasteiger partial charge in [-0.2, -0.15) is 0 Å². The van der Waals surface area contributed by atoms with E-state index in [9.17, 15) is 4.79 Å². The van der Waals surface area contributed by atoms with Gasteiger partial charge in [0.25, 0.3) is 0 Å². The minimum atomic E-state index is 0.116. The monoisotopic (exact) mass is 543 g/mol. The van der Waals surface area contributed by atoms with Crippen LogP contribution in [0.15, 0.2) is 48.9 Å². The number of allylic oxidation sites excluding steroid dienone is 1. The molecule has 6 nitrogen and oxygen atoms in total. The first-order chi connectivity index (χ1) is 19.1. The normalized spacial score (nSPS) is 20.1. The Morgan fingerprint density at radius 3 is 2.64 bits per heavy atom. The van der Waals surface area contributed by atoms with E-state index in [-0.39, 0.29) is 11.9 Å². The number of nitrogens with zero attached hydrogens (tertiary/aromatic N) is 4. The second-order valence-electron chi connectivity index (χ2n) is 11.4. The first kappa shape index (κ1) is 26.1. The quantitative estimate of drug-likeness (QED) is 0.374. The third kappa shape index (κ3) is 5.62. The van der Waals surface area contributed by atoms with E-state index >= 15 is 0 Å². The van der Waals surface area contributed by atoms with E-state index in [0.717, 1.165) is 68.3 Å². The minimum Gasteiger partial charge on any atom is -0.335 e. The fraction of sp³-hybridized carbons (Fsp3) is 0.469. The summed E-state index contributed by atoms with van der Waals surface area (Å²) in [5.41, 5.74) is 6.13. The number of imidazole rings is 1. The maximum atomic E-state index is 13.0. The summed E-state index contributed by atoms with van der Waals surface area (Å²) >= 11 is 6.53. The number of halogens is 1. The van der Waals surface area contributed by atoms with E-state index in [1.165, 1.54) is 41.5 Å². The average molecular weight is 544 g/mol. The van der Waals surface area contributed by atoms with Crippen LogP contribution in [0, 0.1) is 12.8 Å². The van der Waals surface area contributed by atoms with E-state index in [4.69, 9.17) is 16.6 Å². The summed E-state index contributed by atoms with van der Waals surface area (Å²) in [6, 6.07) is 11.0. The Balaban J connectivity index is 1.25. The Morgan fingerprint density at radius 1 is 1.05 bits per heavy atom. The van der Waals surface area contributed by atoms with E-state index in [1.807, 2.05) is 42.5 Å². The number of piperidine rings is 1. The molecule has 1 N–H and O–H groups in total. The number of rotatable bonds is 5. The number of aryl methyl sites for hydroxylation is 2. The molecule has 0 unspecified atom stereocenters. The number of fused-ring (bicyclic) bond motifs is 2. The third-order valence-electron chi connectivity index (χ3n) is 8.97. The molecule has 0 bridgehead atoms. The molecule has 39 heavy (non-hydrogen) atoms. The largest absolute Gasteiger partial charge is 0.335 e. The van der Waals surface area contributed by atoms with Crippen LogP contribution >= 0.6 is 11.6 Å². The summed E-state index contributed by atoms with van der Waals surface area (Å²) in [6.07, 6.45) is 16.9. The number of carbonyl (C=O) groups is 1. The molecule has 2 fully saturated rings. The van der Waals surface area contributed by atoms with Gasteiger partial charge in [0.1, 0.15) is 5.82 Å². The molecule has 0 spiro atoms. The van der Waals surface area contributed by atoms with Crippen molar-refractivity contribution in [3.05, 3.63) is 82.2 Å². The molecular weight excluding hydrogens is 506 g/mol. The number of nitrogens with one attached hydrogen (secondary N) is 1. The second kappa shape index (κ2) is 11.5. The van der Waals surface area contributed by atoms with Crippen LogP contribution in [0.1, 0.15) is 85.5 Å². The molecule has 1 saturated heterocycles. The predicted octanol–water partition coefficient (Wildman–Crippen LogP) is 7.07. The van der Waals surface area contributed by atoms with E-state index in [1.54, 1.807) is 0 Å². The lowest BCUT2D eigenvalue weighted by atomic mass is 9.76. The Labute approximate surface area is 236 Å². The van der Waals surface area contributed by atoms with Crippen LogP contribution in [-0.4, -0.2) is 44.6 Å². The summed E-state index contributed by atoms with van der Waals surface area (Å²) in [5.74, 6) is 1.60. The van der Waals surface area contributed by atoms with Crippen molar-refractivity contribution in [3.8, 4) is 0 Å². The van der Waals surface area contributed by atoms with Gasteiger partial charge in [0, 0.05) is 55.2 Å². The lowest BCUT2D eigenvalue weighted by Crippen LogP contribution is -2.48. The van der Waals surface area contributed by atoms with Gasteiger partial charge in [0.2, 0.25) is 0 Å². The summed E-state index contributed by atoms with van der Waals surface area (Å²) < 4.78 is 2.20. The van der Waals surface area contributed by atoms with Gasteiger partial charge >= 0.3 is 6.03 Å². The summed E-state index contributed by atoms with van der Waals surface area (Å²) in [4.78, 5) is 24.5. The van der Waals surface area contributed by atoms with Gasteiger partial charge in [-0.15, -0.1) is 0 Å². The standard InChI is InChI=1S/C32H38ClN5O/c1-22-34-15-19-37(22)16-13-24-20-25-21-26(33)9-10-28(25)30(31-29(24)8-5-14-35-31)23-11-17-38(18-12-23)32(39)36-27-6-3-2-4-7-27/h5,8-10,14-15,19-21,23,27,30H,2-4,6-7,11-13,16-18H2,1H3,(H,36,39)/t30-/m0/s1. The van der Waals surface area contributed by atoms with Crippen molar-refractivity contribution in [2.75, 3.05) is 13.1 Å². The zero-order valence-corrected chi connectivity index (χ0v) is 23.5. The van der Waals surface area contributed by atoms with Crippen LogP contribution in [0.5, 0.6) is 0 Å². The first-order valence-corrected chi connectivity index (χ1v) is 14.9. The molecule has 2 aliphatic carbocycles. The number of likely N-dealkylation sites (tertiary alicyclic amines) is 1. The maximum absolute atomic E-state index is 13.0. The van der Waals surface area contributed by atoms with Crippen molar-refractivity contribution in [1.82, 2.24) is 24.8 Å². The molecule has 3 heterocycles. The van der Waals surface area contributed by atoms with Gasteiger partial charge in [0.15, 0.2) is 0 Å². The van der Waals surface area contributed by atoms with Gasteiger partial charge in [0.05, 0.1) is 5.69 Å². The van der Waals surface area contributed by atoms with Crippen LogP contribution in [0.4, 0.5) is 4.79 Å². The summed E-state index contributed by atoms with van der Waals surface area (Å²) in [5, 5.41) is 4.06. The van der Waals surface area contributed by atoms with Crippen molar-refractivity contribution in [2.45, 2.75) is 76.8 Å². The number of urea groups is 1. The number of amides is 2. The van der Waals surface area contributed by atoms with Crippen LogP contribution < -0.4 is 5.32 Å². The van der Waals surface area contributed by atoms with Crippen molar-refractivity contribution >= 4 is 29.3 Å². The number of aromatic nitrogens is 3. The van der Waals surface area contributed by atoms with Gasteiger partial charge in [-0.05, 0) is 85.4 Å². The van der Waals surface area contributed by atoms with Crippen LogP contribution in [0.2, 0.25) is 5.02 Å². The van der Waals surface area contributed by atoms with Crippen LogP contribution in [-0.2, 0) is 6.54 Å². The highest BCUT2D eigenvalue weighted by atomic mass is 35.5. The second-order valence-corrected chi connectivity index (χ2v) is 11.8. The lowest BCUT2D eigenvalue weighted by molar-refractivity contribution is 0.160. The first-order valence-electron chi connectivity index (χ1n) is 14.6. The molecule has 2 amide bonds. The third-order valence-corrected chi connectivity index (χ3v) is 9.20. The molecule has 0 radical (unpaired) electrons. The van der Waals surface area contributed by atoms with Crippen molar-refractivity contribution < 1.29 is 4.79 Å². The lowest BCUT2D eigenvalue weighted by Gasteiger charge is -2.37. The fourth-order valence-electron chi connectivity index (χ4n) is 6.82. The minimum absolute atomic E-state index is 0.116. The molecule has 1 saturated carbocycles. The number of pyridine rings is 1. The highest BCUT2D eigenvalue weighted by Gasteiger charge is 2.35. The number of hydrogen-bond donors (Lipinski definition) is 1. The zero-order valence-electron chi connectivity index (χ0n) is 22.8. The Hall–Kier alpha value is -3.12. The molecule has 3 aliphatic rings. The molecule has 1 atom stereocenters. The van der Waals surface area contributed by atoms with Crippen LogP contribution in [0.3, 0.4) is 0 Å². The molecule has 1 aliphatic heterocycles. The Bertz CT molecular complexity index is 1350. The van der Waals surface area contributed by atoms with Gasteiger partial charge in [-0.1, -0.05) is 49.1 Å². The van der Waals surface area contributed by atoms with Crippen molar-refractivity contribution in [2.24, 2.45) is 5.92 Å². The molecule has 204 valence electrons. The highest BCUT2D eigenvalue weighted by Crippen LogP contribution is 2.45. The molecule has 2 aromatic heterocycles. The van der Waals surface area contributed by atoms with E-state index in [2.05, 4.69) is 39.1 Å². The fourth-order valence-corrected chi connectivity index (χ4v) is 7.00. The smallest absolute Gasteiger partial charge is 0.317 e. The molecule has 7 heteroatoms. The SMILES string of the molecule is Cc1nccn1CCC1=Cc2cc(Cl)ccc2[C@H](C2CCN(C(=O)NC3CCCCC3)CC2)c2ncccc21. The predicted molar refractivity (Wildman–Crippen MR) is 157 cm³/mol. The van der Waals surface area contributed by atoms with Crippen molar-refractivity contribution in [3.63, 3.8) is 0 Å². The number of benzene rings is 1. The van der Waals surface area contributed by atoms with Gasteiger partial charge < -0.3 is 14.8 Å². The topological polar surface area (TPSA) is 63.1 Å². The maximum Gasteiger partial charge on any atom is 0.317 e. The molecule has 6 rings (SSSR count). The highest BCUT2D eigenvalue weighted by molar-refractivity contribution is 6.30. The summed E-state index contributed by atoms with van der Waals surface area (Å²) in [6.45, 7) is 4.47. The van der Waals surface area contributed by atoms with Gasteiger partial charge in [-0.25, -0.2) is 9.78 Å².